The molecule has 1 atom stereocenters. The van der Waals surface area contributed by atoms with E-state index in [0.717, 1.165) is 18.5 Å². The third-order valence-corrected chi connectivity index (χ3v) is 4.93. The molecular formula is C12H18N2O3S. The van der Waals surface area contributed by atoms with Crippen LogP contribution >= 0.6 is 0 Å². The van der Waals surface area contributed by atoms with Crippen LogP contribution in [0.15, 0.2) is 18.3 Å². The molecule has 2 heterocycles. The molecule has 0 saturated carbocycles. The number of nitrogens with zero attached hydrogens (tertiary/aromatic N) is 1. The van der Waals surface area contributed by atoms with E-state index in [1.165, 1.54) is 0 Å². The van der Waals surface area contributed by atoms with E-state index in [4.69, 9.17) is 4.74 Å². The molecule has 1 unspecified atom stereocenters. The molecule has 2 rings (SSSR count). The molecule has 6 heteroatoms. The predicted octanol–water partition coefficient (Wildman–Crippen LogP) is 0.614. The fourth-order valence-electron chi connectivity index (χ4n) is 2.09. The zero-order valence-corrected chi connectivity index (χ0v) is 11.2. The lowest BCUT2D eigenvalue weighted by Crippen LogP contribution is -2.23. The van der Waals surface area contributed by atoms with Crippen molar-refractivity contribution in [1.82, 2.24) is 10.3 Å². The monoisotopic (exact) mass is 270 g/mol. The molecule has 0 radical (unpaired) electrons. The van der Waals surface area contributed by atoms with Crippen LogP contribution in [0.2, 0.25) is 0 Å². The van der Waals surface area contributed by atoms with Gasteiger partial charge in [-0.05, 0) is 24.4 Å². The number of sulfone groups is 1. The maximum absolute atomic E-state index is 11.3. The van der Waals surface area contributed by atoms with Gasteiger partial charge in [-0.2, -0.15) is 0 Å². The smallest absolute Gasteiger partial charge is 0.212 e. The number of nitrogens with one attached hydrogen (secondary N) is 1. The zero-order chi connectivity index (χ0) is 13.0. The minimum atomic E-state index is -2.77. The van der Waals surface area contributed by atoms with E-state index >= 15 is 0 Å². The first-order chi connectivity index (χ1) is 8.59. The fourth-order valence-corrected chi connectivity index (χ4v) is 3.95. The van der Waals surface area contributed by atoms with Crippen molar-refractivity contribution in [3.63, 3.8) is 0 Å². The number of aromatic nitrogens is 1. The quantitative estimate of drug-likeness (QED) is 0.849. The van der Waals surface area contributed by atoms with E-state index in [0.29, 0.717) is 23.9 Å². The molecule has 5 nitrogen and oxygen atoms in total. The maximum atomic E-state index is 11.3. The van der Waals surface area contributed by atoms with E-state index in [-0.39, 0.29) is 5.92 Å². The lowest BCUT2D eigenvalue weighted by atomic mass is 10.1. The molecule has 1 aliphatic heterocycles. The van der Waals surface area contributed by atoms with Gasteiger partial charge in [0.15, 0.2) is 9.84 Å². The van der Waals surface area contributed by atoms with Gasteiger partial charge >= 0.3 is 0 Å². The summed E-state index contributed by atoms with van der Waals surface area (Å²) in [5.41, 5.74) is 1.07. The first-order valence-electron chi connectivity index (χ1n) is 5.99. The van der Waals surface area contributed by atoms with Crippen molar-refractivity contribution in [1.29, 1.82) is 0 Å². The summed E-state index contributed by atoms with van der Waals surface area (Å²) in [6.45, 7) is 1.44. The van der Waals surface area contributed by atoms with Crippen LogP contribution in [0.4, 0.5) is 0 Å². The van der Waals surface area contributed by atoms with Gasteiger partial charge in [-0.3, -0.25) is 0 Å². The number of ether oxygens (including phenoxy) is 1. The molecule has 1 aliphatic rings. The summed E-state index contributed by atoms with van der Waals surface area (Å²) in [5, 5.41) is 3.27. The Hall–Kier alpha value is -1.14. The van der Waals surface area contributed by atoms with E-state index in [1.807, 2.05) is 12.1 Å². The number of methoxy groups -OCH3 is 1. The van der Waals surface area contributed by atoms with Crippen molar-refractivity contribution >= 4 is 9.84 Å². The molecule has 1 aromatic rings. The Morgan fingerprint density at radius 1 is 1.50 bits per heavy atom. The lowest BCUT2D eigenvalue weighted by Gasteiger charge is -2.09. The van der Waals surface area contributed by atoms with Crippen LogP contribution in [-0.4, -0.2) is 38.6 Å². The largest absolute Gasteiger partial charge is 0.481 e. The third kappa shape index (κ3) is 3.68. The second-order valence-electron chi connectivity index (χ2n) is 4.61. The van der Waals surface area contributed by atoms with Gasteiger partial charge in [-0.1, -0.05) is 6.07 Å². The Bertz CT molecular complexity index is 485. The highest BCUT2D eigenvalue weighted by atomic mass is 32.2. The average molecular weight is 270 g/mol. The third-order valence-electron chi connectivity index (χ3n) is 3.10. The van der Waals surface area contributed by atoms with Crippen molar-refractivity contribution in [3.05, 3.63) is 23.9 Å². The molecule has 0 aliphatic carbocycles. The summed E-state index contributed by atoms with van der Waals surface area (Å²) in [5.74, 6) is 1.51. The van der Waals surface area contributed by atoms with Gasteiger partial charge in [0.05, 0.1) is 18.6 Å². The van der Waals surface area contributed by atoms with Crippen LogP contribution in [0.25, 0.3) is 0 Å². The van der Waals surface area contributed by atoms with E-state index in [2.05, 4.69) is 10.3 Å². The molecule has 1 N–H and O–H groups in total. The number of hydrogen-bond acceptors (Lipinski definition) is 5. The van der Waals surface area contributed by atoms with E-state index < -0.39 is 9.84 Å². The van der Waals surface area contributed by atoms with Gasteiger partial charge in [0.1, 0.15) is 0 Å². The van der Waals surface area contributed by atoms with Crippen LogP contribution in [-0.2, 0) is 16.4 Å². The molecular weight excluding hydrogens is 252 g/mol. The van der Waals surface area contributed by atoms with Gasteiger partial charge in [0.2, 0.25) is 5.88 Å². The van der Waals surface area contributed by atoms with Crippen LogP contribution < -0.4 is 10.1 Å². The van der Waals surface area contributed by atoms with Crippen LogP contribution in [0.5, 0.6) is 5.88 Å². The highest BCUT2D eigenvalue weighted by Gasteiger charge is 2.27. The Balaban J connectivity index is 1.75. The normalized spacial score (nSPS) is 21.9. The Morgan fingerprint density at radius 2 is 2.33 bits per heavy atom. The number of hydrogen-bond donors (Lipinski definition) is 1. The second kappa shape index (κ2) is 5.67. The van der Waals surface area contributed by atoms with Gasteiger partial charge in [0.25, 0.3) is 0 Å². The van der Waals surface area contributed by atoms with E-state index in [1.54, 1.807) is 13.3 Å². The summed E-state index contributed by atoms with van der Waals surface area (Å²) < 4.78 is 27.6. The highest BCUT2D eigenvalue weighted by Crippen LogP contribution is 2.17. The van der Waals surface area contributed by atoms with Crippen LogP contribution in [0.3, 0.4) is 0 Å². The minimum absolute atomic E-state index is 0.251. The van der Waals surface area contributed by atoms with Crippen molar-refractivity contribution in [2.24, 2.45) is 5.92 Å². The zero-order valence-electron chi connectivity index (χ0n) is 10.4. The standard InChI is InChI=1S/C12H18N2O3S/c1-17-12-3-2-10(8-14-12)6-13-7-11-4-5-18(15,16)9-11/h2-3,8,11,13H,4-7,9H2,1H3. The number of pyridine rings is 1. The molecule has 0 spiro atoms. The second-order valence-corrected chi connectivity index (χ2v) is 6.84. The Labute approximate surface area is 107 Å². The SMILES string of the molecule is COc1ccc(CNCC2CCS(=O)(=O)C2)cn1. The topological polar surface area (TPSA) is 68.3 Å². The fraction of sp³-hybridized carbons (Fsp3) is 0.583. The summed E-state index contributed by atoms with van der Waals surface area (Å²) >= 11 is 0. The molecule has 100 valence electrons. The maximum Gasteiger partial charge on any atom is 0.212 e. The van der Waals surface area contributed by atoms with Crippen molar-refractivity contribution in [2.45, 2.75) is 13.0 Å². The molecule has 0 bridgehead atoms. The average Bonchev–Trinajstić information content (AvgIpc) is 2.70. The summed E-state index contributed by atoms with van der Waals surface area (Å²) in [6.07, 6.45) is 2.54. The Kier molecular flexibility index (Phi) is 4.19. The number of rotatable bonds is 5. The molecule has 1 saturated heterocycles. The Morgan fingerprint density at radius 3 is 2.89 bits per heavy atom. The summed E-state index contributed by atoms with van der Waals surface area (Å²) in [7, 11) is -1.18. The molecule has 1 aromatic heterocycles. The van der Waals surface area contributed by atoms with Gasteiger partial charge in [0, 0.05) is 18.8 Å². The van der Waals surface area contributed by atoms with Gasteiger partial charge in [-0.15, -0.1) is 0 Å². The first-order valence-corrected chi connectivity index (χ1v) is 7.81. The van der Waals surface area contributed by atoms with Crippen molar-refractivity contribution in [2.75, 3.05) is 25.2 Å². The first kappa shape index (κ1) is 13.3. The summed E-state index contributed by atoms with van der Waals surface area (Å²) in [6, 6.07) is 3.77. The highest BCUT2D eigenvalue weighted by molar-refractivity contribution is 7.91. The van der Waals surface area contributed by atoms with Crippen LogP contribution in [0, 0.1) is 5.92 Å². The molecule has 0 aromatic carbocycles. The van der Waals surface area contributed by atoms with Gasteiger partial charge in [-0.25, -0.2) is 13.4 Å². The van der Waals surface area contributed by atoms with E-state index in [9.17, 15) is 8.42 Å². The van der Waals surface area contributed by atoms with Crippen molar-refractivity contribution in [3.8, 4) is 5.88 Å². The molecule has 18 heavy (non-hydrogen) atoms. The molecule has 1 fully saturated rings. The van der Waals surface area contributed by atoms with Crippen LogP contribution in [0.1, 0.15) is 12.0 Å². The lowest BCUT2D eigenvalue weighted by molar-refractivity contribution is 0.397. The van der Waals surface area contributed by atoms with Crippen molar-refractivity contribution < 1.29 is 13.2 Å². The van der Waals surface area contributed by atoms with Gasteiger partial charge < -0.3 is 10.1 Å². The summed E-state index contributed by atoms with van der Waals surface area (Å²) in [4.78, 5) is 4.11. The molecule has 0 amide bonds. The predicted molar refractivity (Wildman–Crippen MR) is 69.3 cm³/mol. The minimum Gasteiger partial charge on any atom is -0.481 e.